The fourth-order valence-electron chi connectivity index (χ4n) is 4.36. The average Bonchev–Trinajstić information content (AvgIpc) is 3.35. The molecule has 2 aliphatic rings. The number of carbonyl (C=O) groups excluding carboxylic acids is 2. The molecule has 3 heterocycles. The van der Waals surface area contributed by atoms with E-state index in [-0.39, 0.29) is 30.7 Å². The van der Waals surface area contributed by atoms with Crippen LogP contribution in [-0.4, -0.2) is 56.1 Å². The summed E-state index contributed by atoms with van der Waals surface area (Å²) >= 11 is 0. The lowest BCUT2D eigenvalue weighted by molar-refractivity contribution is -0.121. The molecule has 3 aromatic rings. The molecule has 1 fully saturated rings. The largest absolute Gasteiger partial charge is 0.492 e. The first-order chi connectivity index (χ1) is 16.6. The normalized spacial score (nSPS) is 15.7. The molecule has 0 aliphatic carbocycles. The van der Waals surface area contributed by atoms with Crippen molar-refractivity contribution in [3.63, 3.8) is 0 Å². The van der Waals surface area contributed by atoms with E-state index in [0.717, 1.165) is 11.4 Å². The Balaban J connectivity index is 1.23. The van der Waals surface area contributed by atoms with Crippen LogP contribution in [-0.2, 0) is 11.3 Å². The van der Waals surface area contributed by atoms with Crippen molar-refractivity contribution in [1.82, 2.24) is 4.90 Å². The molecule has 0 unspecified atom stereocenters. The maximum atomic E-state index is 13.1. The van der Waals surface area contributed by atoms with E-state index in [0.29, 0.717) is 50.0 Å². The Morgan fingerprint density at radius 3 is 2.47 bits per heavy atom. The highest BCUT2D eigenvalue weighted by atomic mass is 16.5. The van der Waals surface area contributed by atoms with Gasteiger partial charge in [0.05, 0.1) is 24.5 Å². The van der Waals surface area contributed by atoms with Gasteiger partial charge in [-0.15, -0.1) is 0 Å². The third kappa shape index (κ3) is 4.31. The summed E-state index contributed by atoms with van der Waals surface area (Å²) in [4.78, 5) is 31.2. The van der Waals surface area contributed by atoms with E-state index in [1.54, 1.807) is 21.9 Å². The zero-order chi connectivity index (χ0) is 23.5. The lowest BCUT2D eigenvalue weighted by Crippen LogP contribution is -2.48. The molecule has 0 saturated carbocycles. The highest BCUT2D eigenvalue weighted by Crippen LogP contribution is 2.33. The highest BCUT2D eigenvalue weighted by molar-refractivity contribution is 5.97. The van der Waals surface area contributed by atoms with E-state index in [2.05, 4.69) is 4.90 Å². The third-order valence-electron chi connectivity index (χ3n) is 6.07. The van der Waals surface area contributed by atoms with Crippen LogP contribution in [0.3, 0.4) is 0 Å². The summed E-state index contributed by atoms with van der Waals surface area (Å²) in [6.07, 6.45) is 0. The molecule has 2 aliphatic heterocycles. The lowest BCUT2D eigenvalue weighted by atomic mass is 10.2. The van der Waals surface area contributed by atoms with Crippen molar-refractivity contribution >= 4 is 23.2 Å². The first-order valence-corrected chi connectivity index (χ1v) is 11.5. The van der Waals surface area contributed by atoms with Gasteiger partial charge in [0, 0.05) is 26.2 Å². The van der Waals surface area contributed by atoms with Gasteiger partial charge in [0.15, 0.2) is 12.4 Å². The molecular formula is C26H27N3O5. The minimum absolute atomic E-state index is 0.0137. The van der Waals surface area contributed by atoms with Crippen molar-refractivity contribution in [2.45, 2.75) is 13.5 Å². The number of amides is 2. The Bertz CT molecular complexity index is 1180. The molecule has 176 valence electrons. The number of furan rings is 1. The van der Waals surface area contributed by atoms with E-state index in [4.69, 9.17) is 13.9 Å². The zero-order valence-corrected chi connectivity index (χ0v) is 19.1. The van der Waals surface area contributed by atoms with Gasteiger partial charge in [0.25, 0.3) is 11.8 Å². The van der Waals surface area contributed by atoms with Crippen LogP contribution in [0.1, 0.15) is 23.2 Å². The van der Waals surface area contributed by atoms with E-state index in [1.165, 1.54) is 0 Å². The van der Waals surface area contributed by atoms with Gasteiger partial charge in [-0.25, -0.2) is 0 Å². The SMILES string of the molecule is CCOc1ccccc1N1CCN(C(=O)c2ccc(CN3C(=O)COc4ccccc43)o2)CC1. The topological polar surface area (TPSA) is 75.5 Å². The number of piperazine rings is 1. The van der Waals surface area contributed by atoms with Gasteiger partial charge in [-0.3, -0.25) is 14.5 Å². The molecule has 0 bridgehead atoms. The molecule has 1 saturated heterocycles. The number of fused-ring (bicyclic) bond motifs is 1. The molecule has 0 spiro atoms. The second-order valence-corrected chi connectivity index (χ2v) is 8.18. The Kier molecular flexibility index (Phi) is 6.12. The molecule has 34 heavy (non-hydrogen) atoms. The summed E-state index contributed by atoms with van der Waals surface area (Å²) in [6.45, 7) is 5.41. The number of benzene rings is 2. The van der Waals surface area contributed by atoms with Gasteiger partial charge < -0.3 is 23.7 Å². The maximum absolute atomic E-state index is 13.1. The second kappa shape index (κ2) is 9.51. The van der Waals surface area contributed by atoms with Crippen LogP contribution in [0.5, 0.6) is 11.5 Å². The van der Waals surface area contributed by atoms with Crippen LogP contribution in [0.15, 0.2) is 65.1 Å². The fourth-order valence-corrected chi connectivity index (χ4v) is 4.36. The second-order valence-electron chi connectivity index (χ2n) is 8.18. The van der Waals surface area contributed by atoms with E-state index >= 15 is 0 Å². The van der Waals surface area contributed by atoms with Gasteiger partial charge in [0.2, 0.25) is 0 Å². The van der Waals surface area contributed by atoms with Crippen LogP contribution in [0, 0.1) is 0 Å². The minimum atomic E-state index is -0.147. The van der Waals surface area contributed by atoms with Gasteiger partial charge >= 0.3 is 0 Å². The van der Waals surface area contributed by atoms with Crippen molar-refractivity contribution in [3.8, 4) is 11.5 Å². The van der Waals surface area contributed by atoms with Gasteiger partial charge in [-0.2, -0.15) is 0 Å². The van der Waals surface area contributed by atoms with Gasteiger partial charge in [-0.1, -0.05) is 24.3 Å². The number of anilines is 2. The number of hydrogen-bond acceptors (Lipinski definition) is 6. The Labute approximate surface area is 198 Å². The summed E-state index contributed by atoms with van der Waals surface area (Å²) in [5.41, 5.74) is 1.75. The number of rotatable bonds is 6. The van der Waals surface area contributed by atoms with Gasteiger partial charge in [-0.05, 0) is 43.3 Å². The molecule has 8 nitrogen and oxygen atoms in total. The molecule has 8 heteroatoms. The van der Waals surface area contributed by atoms with Gasteiger partial charge in [0.1, 0.15) is 17.3 Å². The Morgan fingerprint density at radius 1 is 0.941 bits per heavy atom. The van der Waals surface area contributed by atoms with Crippen LogP contribution < -0.4 is 19.3 Å². The first-order valence-electron chi connectivity index (χ1n) is 11.5. The molecule has 0 radical (unpaired) electrons. The van der Waals surface area contributed by atoms with Crippen molar-refractivity contribution < 1.29 is 23.5 Å². The van der Waals surface area contributed by atoms with Crippen LogP contribution in [0.4, 0.5) is 11.4 Å². The van der Waals surface area contributed by atoms with E-state index in [9.17, 15) is 9.59 Å². The average molecular weight is 462 g/mol. The quantitative estimate of drug-likeness (QED) is 0.559. The number of para-hydroxylation sites is 4. The van der Waals surface area contributed by atoms with Crippen LogP contribution >= 0.6 is 0 Å². The minimum Gasteiger partial charge on any atom is -0.492 e. The van der Waals surface area contributed by atoms with E-state index in [1.807, 2.05) is 55.5 Å². The number of carbonyl (C=O) groups is 2. The van der Waals surface area contributed by atoms with Crippen LogP contribution in [0.2, 0.25) is 0 Å². The lowest BCUT2D eigenvalue weighted by Gasteiger charge is -2.36. The molecular weight excluding hydrogens is 434 g/mol. The molecule has 1 aromatic heterocycles. The summed E-state index contributed by atoms with van der Waals surface area (Å²) in [5, 5.41) is 0. The maximum Gasteiger partial charge on any atom is 0.289 e. The highest BCUT2D eigenvalue weighted by Gasteiger charge is 2.28. The molecule has 5 rings (SSSR count). The molecule has 2 aromatic carbocycles. The third-order valence-corrected chi connectivity index (χ3v) is 6.07. The smallest absolute Gasteiger partial charge is 0.289 e. The summed E-state index contributed by atoms with van der Waals surface area (Å²) < 4.78 is 17.1. The molecule has 0 N–H and O–H groups in total. The van der Waals surface area contributed by atoms with Crippen molar-refractivity contribution in [2.75, 3.05) is 49.2 Å². The molecule has 0 atom stereocenters. The number of nitrogens with zero attached hydrogens (tertiary/aromatic N) is 3. The zero-order valence-electron chi connectivity index (χ0n) is 19.1. The monoisotopic (exact) mass is 461 g/mol. The predicted octanol–water partition coefficient (Wildman–Crippen LogP) is 3.57. The summed E-state index contributed by atoms with van der Waals surface area (Å²) in [7, 11) is 0. The van der Waals surface area contributed by atoms with Crippen molar-refractivity contribution in [1.29, 1.82) is 0 Å². The fraction of sp³-hybridized carbons (Fsp3) is 0.308. The van der Waals surface area contributed by atoms with Crippen molar-refractivity contribution in [3.05, 3.63) is 72.2 Å². The number of hydrogen-bond donors (Lipinski definition) is 0. The summed E-state index contributed by atoms with van der Waals surface area (Å²) in [6, 6.07) is 18.8. The standard InChI is InChI=1S/C26H27N3O5/c1-2-32-22-9-5-3-7-20(22)27-13-15-28(16-14-27)26(31)24-12-11-19(34-24)17-29-21-8-4-6-10-23(21)33-18-25(29)30/h3-12H,2,13-18H2,1H3. The predicted molar refractivity (Wildman–Crippen MR) is 128 cm³/mol. The Morgan fingerprint density at radius 2 is 1.68 bits per heavy atom. The van der Waals surface area contributed by atoms with E-state index < -0.39 is 0 Å². The van der Waals surface area contributed by atoms with Crippen molar-refractivity contribution in [2.24, 2.45) is 0 Å². The summed E-state index contributed by atoms with van der Waals surface area (Å²) in [5.74, 6) is 2.07. The first kappa shape index (κ1) is 21.9. The Hall–Kier alpha value is -3.94. The molecule has 2 amide bonds. The van der Waals surface area contributed by atoms with Crippen LogP contribution in [0.25, 0.3) is 0 Å². The number of ether oxygens (including phenoxy) is 2.